The Morgan fingerprint density at radius 1 is 1.17 bits per heavy atom. The molecule has 9 atom stereocenters. The summed E-state index contributed by atoms with van der Waals surface area (Å²) < 4.78 is 11.3. The van der Waals surface area contributed by atoms with E-state index in [4.69, 9.17) is 9.47 Å². The van der Waals surface area contributed by atoms with Gasteiger partial charge in [0.2, 0.25) is 0 Å². The number of anilines is 2. The molecule has 3 aliphatic rings. The van der Waals surface area contributed by atoms with Crippen LogP contribution in [0.15, 0.2) is 18.2 Å². The molecule has 3 heterocycles. The Balaban J connectivity index is 1.64. The van der Waals surface area contributed by atoms with Crippen LogP contribution >= 0.6 is 0 Å². The van der Waals surface area contributed by atoms with Crippen molar-refractivity contribution in [2.24, 2.45) is 5.92 Å². The standard InChI is InChI=1S/C22H32N2O10Si/c1-9-18(35(2,3)32)13(6-7-25)34-22(9)11-8-10(4-5-12(11)24-21(22)31)23-19(29)17-15(27)14(26)16(28)20(30)33-17/h4-5,8-9,13-18,20,25-28,30,32H,6-7H2,1-3H3,(H,23,29)(H,24,31)/t9-,13+,14+,15+,16-,17+,18-,20-,22+/m1/s1. The number of nitrogens with one attached hydrogen (secondary N) is 2. The van der Waals surface area contributed by atoms with Crippen LogP contribution in [0.4, 0.5) is 11.4 Å². The third kappa shape index (κ3) is 4.20. The molecule has 1 aromatic carbocycles. The van der Waals surface area contributed by atoms with Gasteiger partial charge in [0.25, 0.3) is 11.8 Å². The van der Waals surface area contributed by atoms with E-state index in [1.54, 1.807) is 25.2 Å². The summed E-state index contributed by atoms with van der Waals surface area (Å²) in [6.45, 7) is 5.18. The third-order valence-corrected chi connectivity index (χ3v) is 9.77. The van der Waals surface area contributed by atoms with E-state index in [9.17, 15) is 39.9 Å². The van der Waals surface area contributed by atoms with Gasteiger partial charge in [0.1, 0.15) is 18.3 Å². The fourth-order valence-corrected chi connectivity index (χ4v) is 8.27. The summed E-state index contributed by atoms with van der Waals surface area (Å²) in [6, 6.07) is 4.64. The van der Waals surface area contributed by atoms with Gasteiger partial charge in [-0.3, -0.25) is 9.59 Å². The van der Waals surface area contributed by atoms with Gasteiger partial charge in [0, 0.05) is 35.0 Å². The number of aliphatic hydroxyl groups is 5. The van der Waals surface area contributed by atoms with E-state index in [-0.39, 0.29) is 24.3 Å². The first kappa shape index (κ1) is 26.1. The van der Waals surface area contributed by atoms with Crippen molar-refractivity contribution in [2.75, 3.05) is 17.2 Å². The van der Waals surface area contributed by atoms with Crippen molar-refractivity contribution in [3.8, 4) is 0 Å². The molecule has 0 saturated carbocycles. The van der Waals surface area contributed by atoms with Gasteiger partial charge in [-0.1, -0.05) is 6.92 Å². The van der Waals surface area contributed by atoms with Crippen molar-refractivity contribution in [1.82, 2.24) is 0 Å². The molecule has 12 nitrogen and oxygen atoms in total. The van der Waals surface area contributed by atoms with Crippen LogP contribution in [0.1, 0.15) is 18.9 Å². The first-order valence-corrected chi connectivity index (χ1v) is 14.5. The van der Waals surface area contributed by atoms with Gasteiger partial charge in [0.05, 0.1) is 6.10 Å². The highest BCUT2D eigenvalue weighted by Gasteiger charge is 2.64. The Labute approximate surface area is 202 Å². The minimum absolute atomic E-state index is 0.171. The average molecular weight is 513 g/mol. The highest BCUT2D eigenvalue weighted by molar-refractivity contribution is 6.71. The molecule has 3 aliphatic heterocycles. The lowest BCUT2D eigenvalue weighted by atomic mass is 9.82. The predicted molar refractivity (Wildman–Crippen MR) is 123 cm³/mol. The maximum Gasteiger partial charge on any atom is 0.261 e. The molecule has 1 spiro atoms. The maximum atomic E-state index is 13.2. The number of rotatable bonds is 5. The number of hydrogen-bond donors (Lipinski definition) is 8. The third-order valence-electron chi connectivity index (χ3n) is 7.27. The lowest BCUT2D eigenvalue weighted by Gasteiger charge is -2.37. The summed E-state index contributed by atoms with van der Waals surface area (Å²) >= 11 is 0. The van der Waals surface area contributed by atoms with Gasteiger partial charge in [0.15, 0.2) is 26.3 Å². The van der Waals surface area contributed by atoms with Crippen LogP contribution in [0, 0.1) is 5.92 Å². The lowest BCUT2D eigenvalue weighted by molar-refractivity contribution is -0.274. The van der Waals surface area contributed by atoms with E-state index >= 15 is 0 Å². The van der Waals surface area contributed by atoms with Crippen molar-refractivity contribution in [1.29, 1.82) is 0 Å². The van der Waals surface area contributed by atoms with Gasteiger partial charge in [-0.15, -0.1) is 0 Å². The molecule has 35 heavy (non-hydrogen) atoms. The molecule has 1 aromatic rings. The highest BCUT2D eigenvalue weighted by atomic mass is 28.4. The monoisotopic (exact) mass is 512 g/mol. The maximum absolute atomic E-state index is 13.2. The quantitative estimate of drug-likeness (QED) is 0.216. The van der Waals surface area contributed by atoms with Gasteiger partial charge in [-0.2, -0.15) is 0 Å². The van der Waals surface area contributed by atoms with Crippen molar-refractivity contribution in [3.05, 3.63) is 23.8 Å². The van der Waals surface area contributed by atoms with Crippen LogP contribution in [0.25, 0.3) is 0 Å². The summed E-state index contributed by atoms with van der Waals surface area (Å²) in [5.41, 5.74) is -0.621. The van der Waals surface area contributed by atoms with Crippen LogP contribution in [-0.4, -0.2) is 93.9 Å². The minimum Gasteiger partial charge on any atom is -0.432 e. The van der Waals surface area contributed by atoms with E-state index in [0.717, 1.165) is 0 Å². The normalized spacial score (nSPS) is 38.9. The number of carbonyl (C=O) groups excluding carboxylic acids is 2. The molecule has 194 valence electrons. The number of carbonyl (C=O) groups is 2. The number of benzene rings is 1. The van der Waals surface area contributed by atoms with Gasteiger partial charge in [-0.05, 0) is 37.7 Å². The second kappa shape index (κ2) is 9.17. The zero-order chi connectivity index (χ0) is 25.9. The van der Waals surface area contributed by atoms with Gasteiger partial charge in [-0.25, -0.2) is 0 Å². The number of aliphatic hydroxyl groups excluding tert-OH is 5. The van der Waals surface area contributed by atoms with E-state index in [0.29, 0.717) is 11.3 Å². The summed E-state index contributed by atoms with van der Waals surface area (Å²) in [5.74, 6) is -1.72. The molecule has 0 aromatic heterocycles. The zero-order valence-electron chi connectivity index (χ0n) is 19.6. The Kier molecular flexibility index (Phi) is 6.85. The molecule has 13 heteroatoms. The number of fused-ring (bicyclic) bond motifs is 2. The number of ether oxygens (including phenoxy) is 2. The van der Waals surface area contributed by atoms with Crippen molar-refractivity contribution in [3.63, 3.8) is 0 Å². The van der Waals surface area contributed by atoms with Crippen molar-refractivity contribution in [2.45, 2.75) is 74.4 Å². The van der Waals surface area contributed by atoms with Gasteiger partial charge < -0.3 is 50.4 Å². The largest absolute Gasteiger partial charge is 0.432 e. The molecular weight excluding hydrogens is 480 g/mol. The van der Waals surface area contributed by atoms with E-state index in [1.807, 2.05) is 6.92 Å². The molecule has 2 fully saturated rings. The Morgan fingerprint density at radius 2 is 1.86 bits per heavy atom. The molecule has 0 bridgehead atoms. The second-order valence-corrected chi connectivity index (χ2v) is 14.0. The van der Waals surface area contributed by atoms with E-state index in [1.165, 1.54) is 6.07 Å². The number of hydrogen-bond acceptors (Lipinski definition) is 10. The van der Waals surface area contributed by atoms with Crippen molar-refractivity contribution < 1.29 is 49.4 Å². The molecule has 0 aliphatic carbocycles. The smallest absolute Gasteiger partial charge is 0.261 e. The Bertz CT molecular complexity index is 1000. The van der Waals surface area contributed by atoms with Crippen LogP contribution in [0.5, 0.6) is 0 Å². The molecule has 0 radical (unpaired) electrons. The lowest BCUT2D eigenvalue weighted by Crippen LogP contribution is -2.60. The van der Waals surface area contributed by atoms with E-state index in [2.05, 4.69) is 10.6 Å². The second-order valence-electron chi connectivity index (χ2n) is 10.00. The molecular formula is C22H32N2O10Si. The molecule has 2 saturated heterocycles. The SMILES string of the molecule is C[C@@H]1[C@@H]([Si](C)(C)O)[C@H](CCO)O[C@@]12C(=O)Nc1ccc(NC(=O)[C@H]3O[C@@H](O)[C@H](O)[C@@H](O)[C@@H]3O)cc12. The fraction of sp³-hybridized carbons (Fsp3) is 0.636. The Morgan fingerprint density at radius 3 is 2.49 bits per heavy atom. The summed E-state index contributed by atoms with van der Waals surface area (Å²) in [5, 5.41) is 54.2. The highest BCUT2D eigenvalue weighted by Crippen LogP contribution is 2.58. The van der Waals surface area contributed by atoms with Crippen LogP contribution in [0.2, 0.25) is 18.6 Å². The van der Waals surface area contributed by atoms with Crippen LogP contribution < -0.4 is 10.6 Å². The first-order valence-electron chi connectivity index (χ1n) is 11.5. The first-order chi connectivity index (χ1) is 16.3. The molecule has 2 amide bonds. The predicted octanol–water partition coefficient (Wildman–Crippen LogP) is -1.44. The summed E-state index contributed by atoms with van der Waals surface area (Å²) in [4.78, 5) is 37.0. The molecule has 8 N–H and O–H groups in total. The summed E-state index contributed by atoms with van der Waals surface area (Å²) in [6.07, 6.45) is -9.17. The topological polar surface area (TPSA) is 198 Å². The fourth-order valence-electron chi connectivity index (χ4n) is 5.66. The summed E-state index contributed by atoms with van der Waals surface area (Å²) in [7, 11) is -2.82. The Hall–Kier alpha value is -1.94. The van der Waals surface area contributed by atoms with Crippen molar-refractivity contribution >= 4 is 31.5 Å². The molecule has 0 unspecified atom stereocenters. The average Bonchev–Trinajstić information content (AvgIpc) is 3.23. The number of amides is 2. The van der Waals surface area contributed by atoms with E-state index < -0.39 is 68.5 Å². The molecule has 4 rings (SSSR count). The van der Waals surface area contributed by atoms with Gasteiger partial charge >= 0.3 is 0 Å². The van der Waals surface area contributed by atoms with Crippen LogP contribution in [-0.2, 0) is 24.7 Å². The van der Waals surface area contributed by atoms with Crippen LogP contribution in [0.3, 0.4) is 0 Å². The zero-order valence-corrected chi connectivity index (χ0v) is 20.6. The minimum atomic E-state index is -2.82.